The minimum atomic E-state index is 0.0516. The van der Waals surface area contributed by atoms with Crippen molar-refractivity contribution in [2.45, 2.75) is 45.2 Å². The number of nitrogens with two attached hydrogens (primary N) is 1. The first-order valence-electron chi connectivity index (χ1n) is 11.0. The van der Waals surface area contributed by atoms with Gasteiger partial charge in [-0.05, 0) is 55.2 Å². The molecule has 2 aliphatic rings. The summed E-state index contributed by atoms with van der Waals surface area (Å²) in [4.78, 5) is 17.8. The molecule has 2 aromatic rings. The molecule has 2 aromatic carbocycles. The van der Waals surface area contributed by atoms with E-state index >= 15 is 0 Å². The van der Waals surface area contributed by atoms with Gasteiger partial charge in [-0.1, -0.05) is 36.0 Å². The highest BCUT2D eigenvalue weighted by atomic mass is 35.5. The maximum Gasteiger partial charge on any atom is 0.254 e. The fraction of sp³-hybridized carbons (Fsp3) is 0.458. The molecule has 0 unspecified atom stereocenters. The van der Waals surface area contributed by atoms with Crippen molar-refractivity contribution in [1.82, 2.24) is 9.80 Å². The Bertz CT molecular complexity index is 952. The van der Waals surface area contributed by atoms with E-state index in [1.165, 1.54) is 25.7 Å². The van der Waals surface area contributed by atoms with Crippen molar-refractivity contribution in [1.29, 1.82) is 0 Å². The van der Waals surface area contributed by atoms with E-state index in [0.29, 0.717) is 33.1 Å². The largest absolute Gasteiger partial charge is 0.457 e. The topological polar surface area (TPSA) is 58.8 Å². The van der Waals surface area contributed by atoms with Crippen molar-refractivity contribution in [2.75, 3.05) is 26.2 Å². The van der Waals surface area contributed by atoms with Crippen LogP contribution in [0.1, 0.15) is 47.2 Å². The molecule has 1 saturated heterocycles. The number of amides is 1. The smallest absolute Gasteiger partial charge is 0.254 e. The molecular formula is C24H29Cl2N3O2. The van der Waals surface area contributed by atoms with E-state index in [1.807, 2.05) is 24.0 Å². The summed E-state index contributed by atoms with van der Waals surface area (Å²) in [7, 11) is 0. The van der Waals surface area contributed by atoms with Gasteiger partial charge in [0.2, 0.25) is 0 Å². The second-order valence-electron chi connectivity index (χ2n) is 8.36. The molecule has 0 atom stereocenters. The van der Waals surface area contributed by atoms with E-state index in [2.05, 4.69) is 4.90 Å². The summed E-state index contributed by atoms with van der Waals surface area (Å²) in [6.45, 7) is 5.63. The van der Waals surface area contributed by atoms with Crippen molar-refractivity contribution < 1.29 is 9.53 Å². The fourth-order valence-electron chi connectivity index (χ4n) is 4.71. The van der Waals surface area contributed by atoms with Gasteiger partial charge in [-0.15, -0.1) is 0 Å². The molecule has 166 valence electrons. The highest BCUT2D eigenvalue weighted by Gasteiger charge is 2.29. The number of benzene rings is 2. The Morgan fingerprint density at radius 3 is 2.42 bits per heavy atom. The van der Waals surface area contributed by atoms with Crippen molar-refractivity contribution in [3.8, 4) is 11.5 Å². The number of carbonyl (C=O) groups excluding carboxylic acids is 1. The second kappa shape index (κ2) is 9.78. The van der Waals surface area contributed by atoms with E-state index in [1.54, 1.807) is 18.2 Å². The van der Waals surface area contributed by atoms with Crippen LogP contribution in [0.4, 0.5) is 0 Å². The van der Waals surface area contributed by atoms with Gasteiger partial charge in [-0.25, -0.2) is 0 Å². The lowest BCUT2D eigenvalue weighted by atomic mass is 9.99. The summed E-state index contributed by atoms with van der Waals surface area (Å²) in [6.07, 6.45) is 5.26. The summed E-state index contributed by atoms with van der Waals surface area (Å²) in [5.74, 6) is 1.29. The predicted molar refractivity (Wildman–Crippen MR) is 125 cm³/mol. The zero-order valence-corrected chi connectivity index (χ0v) is 19.4. The van der Waals surface area contributed by atoms with Gasteiger partial charge in [0.15, 0.2) is 0 Å². The van der Waals surface area contributed by atoms with E-state index in [9.17, 15) is 4.79 Å². The Hall–Kier alpha value is -1.79. The number of hydrogen-bond donors (Lipinski definition) is 1. The monoisotopic (exact) mass is 461 g/mol. The maximum absolute atomic E-state index is 13.3. The van der Waals surface area contributed by atoms with Crippen LogP contribution in [0.15, 0.2) is 30.3 Å². The molecule has 31 heavy (non-hydrogen) atoms. The standard InChI is InChI=1S/C24H29Cl2N3O2/c1-16-20(15-27)19(7-9-23(16)31-18-6-8-21(25)22(26)14-18)24(30)29-12-10-28(11-13-29)17-4-2-3-5-17/h6-9,14,17H,2-5,10-13,15,27H2,1H3. The zero-order valence-electron chi connectivity index (χ0n) is 17.9. The number of piperazine rings is 1. The van der Waals surface area contributed by atoms with E-state index in [0.717, 1.165) is 37.3 Å². The first-order chi connectivity index (χ1) is 15.0. The van der Waals surface area contributed by atoms with Crippen LogP contribution in [0.5, 0.6) is 11.5 Å². The molecule has 1 amide bonds. The summed E-state index contributed by atoms with van der Waals surface area (Å²) in [5.41, 5.74) is 8.40. The van der Waals surface area contributed by atoms with Crippen LogP contribution in [0.25, 0.3) is 0 Å². The van der Waals surface area contributed by atoms with Gasteiger partial charge in [0.05, 0.1) is 10.0 Å². The lowest BCUT2D eigenvalue weighted by Gasteiger charge is -2.38. The van der Waals surface area contributed by atoms with Gasteiger partial charge >= 0.3 is 0 Å². The molecule has 1 heterocycles. The van der Waals surface area contributed by atoms with Crippen LogP contribution in [0, 0.1) is 6.92 Å². The molecule has 1 aliphatic heterocycles. The third-order valence-corrected chi connectivity index (χ3v) is 7.28. The molecule has 1 saturated carbocycles. The molecule has 2 fully saturated rings. The molecule has 1 aliphatic carbocycles. The van der Waals surface area contributed by atoms with Crippen LogP contribution in [0.3, 0.4) is 0 Å². The number of carbonyl (C=O) groups is 1. The Kier molecular flexibility index (Phi) is 7.07. The van der Waals surface area contributed by atoms with Crippen LogP contribution in [-0.4, -0.2) is 47.9 Å². The molecule has 0 aromatic heterocycles. The summed E-state index contributed by atoms with van der Waals surface area (Å²) in [5, 5.41) is 0.904. The third kappa shape index (κ3) is 4.85. The SMILES string of the molecule is Cc1c(Oc2ccc(Cl)c(Cl)c2)ccc(C(=O)N2CCN(C3CCCC3)CC2)c1CN. The highest BCUT2D eigenvalue weighted by Crippen LogP contribution is 2.33. The molecular weight excluding hydrogens is 433 g/mol. The quantitative estimate of drug-likeness (QED) is 0.659. The Morgan fingerprint density at radius 1 is 1.06 bits per heavy atom. The van der Waals surface area contributed by atoms with Gasteiger partial charge < -0.3 is 15.4 Å². The average Bonchev–Trinajstić information content (AvgIpc) is 3.32. The van der Waals surface area contributed by atoms with E-state index in [-0.39, 0.29) is 12.5 Å². The zero-order chi connectivity index (χ0) is 22.0. The van der Waals surface area contributed by atoms with Crippen LogP contribution in [-0.2, 0) is 6.54 Å². The first kappa shape index (κ1) is 22.4. The minimum Gasteiger partial charge on any atom is -0.457 e. The van der Waals surface area contributed by atoms with Crippen LogP contribution >= 0.6 is 23.2 Å². The number of halogens is 2. The summed E-state index contributed by atoms with van der Waals surface area (Å²) in [6, 6.07) is 9.50. The van der Waals surface area contributed by atoms with Gasteiger partial charge in [0.25, 0.3) is 5.91 Å². The number of hydrogen-bond acceptors (Lipinski definition) is 4. The summed E-state index contributed by atoms with van der Waals surface area (Å²) < 4.78 is 6.01. The Morgan fingerprint density at radius 2 is 1.77 bits per heavy atom. The minimum absolute atomic E-state index is 0.0516. The molecule has 5 nitrogen and oxygen atoms in total. The van der Waals surface area contributed by atoms with Gasteiger partial charge in [0, 0.05) is 50.4 Å². The molecule has 7 heteroatoms. The second-order valence-corrected chi connectivity index (χ2v) is 9.18. The third-order valence-electron chi connectivity index (χ3n) is 6.54. The van der Waals surface area contributed by atoms with Crippen molar-refractivity contribution in [3.63, 3.8) is 0 Å². The summed E-state index contributed by atoms with van der Waals surface area (Å²) >= 11 is 12.1. The molecule has 2 N–H and O–H groups in total. The number of nitrogens with zero attached hydrogens (tertiary/aromatic N) is 2. The molecule has 0 spiro atoms. The highest BCUT2D eigenvalue weighted by molar-refractivity contribution is 6.42. The van der Waals surface area contributed by atoms with E-state index < -0.39 is 0 Å². The molecule has 0 radical (unpaired) electrons. The van der Waals surface area contributed by atoms with Crippen LogP contribution < -0.4 is 10.5 Å². The van der Waals surface area contributed by atoms with Crippen molar-refractivity contribution >= 4 is 29.1 Å². The van der Waals surface area contributed by atoms with E-state index in [4.69, 9.17) is 33.7 Å². The lowest BCUT2D eigenvalue weighted by Crippen LogP contribution is -2.51. The molecule has 4 rings (SSSR count). The van der Waals surface area contributed by atoms with Gasteiger partial charge in [0.1, 0.15) is 11.5 Å². The Balaban J connectivity index is 1.48. The fourth-order valence-corrected chi connectivity index (χ4v) is 4.99. The van der Waals surface area contributed by atoms with Gasteiger partial charge in [-0.3, -0.25) is 9.69 Å². The average molecular weight is 462 g/mol. The van der Waals surface area contributed by atoms with Crippen molar-refractivity contribution in [2.24, 2.45) is 5.73 Å². The number of rotatable bonds is 5. The van der Waals surface area contributed by atoms with Gasteiger partial charge in [-0.2, -0.15) is 0 Å². The normalized spacial score (nSPS) is 17.9. The molecule has 0 bridgehead atoms. The first-order valence-corrected chi connectivity index (χ1v) is 11.7. The maximum atomic E-state index is 13.3. The van der Waals surface area contributed by atoms with Crippen LogP contribution in [0.2, 0.25) is 10.0 Å². The lowest BCUT2D eigenvalue weighted by molar-refractivity contribution is 0.0572. The number of ether oxygens (including phenoxy) is 1. The van der Waals surface area contributed by atoms with Crippen molar-refractivity contribution in [3.05, 3.63) is 57.1 Å². The predicted octanol–water partition coefficient (Wildman–Crippen LogP) is 5.25. The Labute approximate surface area is 194 Å².